The highest BCUT2D eigenvalue weighted by Crippen LogP contribution is 2.23. The van der Waals surface area contributed by atoms with Gasteiger partial charge in [-0.2, -0.15) is 5.26 Å². The van der Waals surface area contributed by atoms with E-state index in [2.05, 4.69) is 16.9 Å². The van der Waals surface area contributed by atoms with Crippen molar-refractivity contribution in [3.05, 3.63) is 0 Å². The van der Waals surface area contributed by atoms with Crippen molar-refractivity contribution in [2.24, 2.45) is 0 Å². The molecule has 0 unspecified atom stereocenters. The van der Waals surface area contributed by atoms with Gasteiger partial charge in [-0.25, -0.2) is 0 Å². The fourth-order valence-corrected chi connectivity index (χ4v) is 1.96. The SMILES string of the molecule is C#CCCN(CC#N)C1CCCC1. The van der Waals surface area contributed by atoms with Crippen molar-refractivity contribution in [2.45, 2.75) is 38.1 Å². The first-order chi connectivity index (χ1) is 6.38. The molecule has 0 aliphatic heterocycles. The Morgan fingerprint density at radius 1 is 1.38 bits per heavy atom. The maximum Gasteiger partial charge on any atom is 0.0868 e. The molecule has 0 N–H and O–H groups in total. The molecule has 70 valence electrons. The highest BCUT2D eigenvalue weighted by atomic mass is 15.1. The van der Waals surface area contributed by atoms with Crippen LogP contribution in [-0.4, -0.2) is 24.0 Å². The highest BCUT2D eigenvalue weighted by Gasteiger charge is 2.21. The van der Waals surface area contributed by atoms with E-state index >= 15 is 0 Å². The lowest BCUT2D eigenvalue weighted by atomic mass is 10.2. The fraction of sp³-hybridized carbons (Fsp3) is 0.727. The molecule has 0 aromatic carbocycles. The van der Waals surface area contributed by atoms with E-state index in [0.717, 1.165) is 13.0 Å². The number of hydrogen-bond donors (Lipinski definition) is 0. The van der Waals surface area contributed by atoms with Crippen LogP contribution in [0.2, 0.25) is 0 Å². The summed E-state index contributed by atoms with van der Waals surface area (Å²) in [5.74, 6) is 2.63. The second-order valence-electron chi connectivity index (χ2n) is 3.52. The summed E-state index contributed by atoms with van der Waals surface area (Å²) in [4.78, 5) is 2.23. The van der Waals surface area contributed by atoms with Crippen LogP contribution in [0.4, 0.5) is 0 Å². The van der Waals surface area contributed by atoms with Crippen molar-refractivity contribution in [2.75, 3.05) is 13.1 Å². The minimum atomic E-state index is 0.534. The predicted molar refractivity (Wildman–Crippen MR) is 52.9 cm³/mol. The topological polar surface area (TPSA) is 27.0 Å². The minimum Gasteiger partial charge on any atom is -0.287 e. The highest BCUT2D eigenvalue weighted by molar-refractivity contribution is 4.89. The van der Waals surface area contributed by atoms with Gasteiger partial charge in [0.05, 0.1) is 12.6 Å². The molecule has 0 aromatic rings. The van der Waals surface area contributed by atoms with E-state index in [4.69, 9.17) is 11.7 Å². The molecule has 0 bridgehead atoms. The van der Waals surface area contributed by atoms with E-state index < -0.39 is 0 Å². The van der Waals surface area contributed by atoms with Gasteiger partial charge in [-0.1, -0.05) is 12.8 Å². The molecular formula is C11H16N2. The molecule has 2 heteroatoms. The van der Waals surface area contributed by atoms with Crippen molar-refractivity contribution in [1.29, 1.82) is 5.26 Å². The van der Waals surface area contributed by atoms with E-state index in [0.29, 0.717) is 12.6 Å². The molecule has 1 aliphatic carbocycles. The number of terminal acetylenes is 1. The number of nitriles is 1. The molecule has 1 rings (SSSR count). The van der Waals surface area contributed by atoms with Crippen molar-refractivity contribution in [3.63, 3.8) is 0 Å². The minimum absolute atomic E-state index is 0.534. The summed E-state index contributed by atoms with van der Waals surface area (Å²) >= 11 is 0. The normalized spacial score (nSPS) is 17.2. The van der Waals surface area contributed by atoms with Crippen LogP contribution in [0.15, 0.2) is 0 Å². The lowest BCUT2D eigenvalue weighted by molar-refractivity contribution is 0.228. The molecule has 0 aromatic heterocycles. The van der Waals surface area contributed by atoms with Gasteiger partial charge in [-0.15, -0.1) is 12.3 Å². The Morgan fingerprint density at radius 3 is 2.62 bits per heavy atom. The molecular weight excluding hydrogens is 160 g/mol. The Labute approximate surface area is 80.5 Å². The number of rotatable bonds is 4. The predicted octanol–water partition coefficient (Wildman–Crippen LogP) is 1.78. The molecule has 0 heterocycles. The summed E-state index contributed by atoms with van der Waals surface area (Å²) in [6.45, 7) is 1.42. The third kappa shape index (κ3) is 3.09. The summed E-state index contributed by atoms with van der Waals surface area (Å²) in [6, 6.07) is 2.83. The lowest BCUT2D eigenvalue weighted by Crippen LogP contribution is -2.34. The third-order valence-electron chi connectivity index (χ3n) is 2.66. The van der Waals surface area contributed by atoms with E-state index in [-0.39, 0.29) is 0 Å². The Bertz CT molecular complexity index is 215. The summed E-state index contributed by atoms with van der Waals surface area (Å²) < 4.78 is 0. The van der Waals surface area contributed by atoms with Crippen molar-refractivity contribution in [1.82, 2.24) is 4.90 Å². The summed E-state index contributed by atoms with van der Waals surface area (Å²) in [6.07, 6.45) is 11.1. The molecule has 0 spiro atoms. The first-order valence-electron chi connectivity index (χ1n) is 4.93. The van der Waals surface area contributed by atoms with Gasteiger partial charge in [0.25, 0.3) is 0 Å². The Morgan fingerprint density at radius 2 is 2.08 bits per heavy atom. The van der Waals surface area contributed by atoms with Crippen LogP contribution < -0.4 is 0 Å². The van der Waals surface area contributed by atoms with Crippen LogP contribution in [0.3, 0.4) is 0 Å². The van der Waals surface area contributed by atoms with Gasteiger partial charge >= 0.3 is 0 Å². The van der Waals surface area contributed by atoms with Gasteiger partial charge in [0.1, 0.15) is 0 Å². The second-order valence-corrected chi connectivity index (χ2v) is 3.52. The monoisotopic (exact) mass is 176 g/mol. The van der Waals surface area contributed by atoms with E-state index in [9.17, 15) is 0 Å². The summed E-state index contributed by atoms with van der Waals surface area (Å²) in [7, 11) is 0. The van der Waals surface area contributed by atoms with Gasteiger partial charge in [0.2, 0.25) is 0 Å². The zero-order valence-corrected chi connectivity index (χ0v) is 8.00. The van der Waals surface area contributed by atoms with Gasteiger partial charge in [0, 0.05) is 19.0 Å². The largest absolute Gasteiger partial charge is 0.287 e. The Kier molecular flexibility index (Phi) is 4.36. The van der Waals surface area contributed by atoms with Crippen LogP contribution in [0.5, 0.6) is 0 Å². The zero-order chi connectivity index (χ0) is 9.52. The van der Waals surface area contributed by atoms with Crippen LogP contribution in [0.1, 0.15) is 32.1 Å². The second kappa shape index (κ2) is 5.62. The first-order valence-corrected chi connectivity index (χ1v) is 4.93. The van der Waals surface area contributed by atoms with Gasteiger partial charge in [0.15, 0.2) is 0 Å². The maximum absolute atomic E-state index is 8.65. The fourth-order valence-electron chi connectivity index (χ4n) is 1.96. The third-order valence-corrected chi connectivity index (χ3v) is 2.66. The van der Waals surface area contributed by atoms with Crippen LogP contribution in [0, 0.1) is 23.7 Å². The average Bonchev–Trinajstić information content (AvgIpc) is 2.65. The van der Waals surface area contributed by atoms with Gasteiger partial charge in [-0.3, -0.25) is 4.90 Å². The molecule has 0 atom stereocenters. The smallest absolute Gasteiger partial charge is 0.0868 e. The zero-order valence-electron chi connectivity index (χ0n) is 8.00. The molecule has 1 saturated carbocycles. The lowest BCUT2D eigenvalue weighted by Gasteiger charge is -2.24. The van der Waals surface area contributed by atoms with Crippen LogP contribution in [-0.2, 0) is 0 Å². The maximum atomic E-state index is 8.65. The van der Waals surface area contributed by atoms with E-state index in [1.165, 1.54) is 25.7 Å². The van der Waals surface area contributed by atoms with Crippen molar-refractivity contribution in [3.8, 4) is 18.4 Å². The summed E-state index contributed by atoms with van der Waals surface area (Å²) in [5.41, 5.74) is 0. The average molecular weight is 176 g/mol. The van der Waals surface area contributed by atoms with Crippen LogP contribution in [0.25, 0.3) is 0 Å². The molecule has 1 aliphatic rings. The Balaban J connectivity index is 2.37. The van der Waals surface area contributed by atoms with E-state index in [1.807, 2.05) is 0 Å². The van der Waals surface area contributed by atoms with Crippen molar-refractivity contribution >= 4 is 0 Å². The summed E-state index contributed by atoms with van der Waals surface area (Å²) in [5, 5.41) is 8.65. The standard InChI is InChI=1S/C11H16N2/c1-2-3-9-13(10-8-12)11-6-4-5-7-11/h1,11H,3-7,9-10H2. The number of hydrogen-bond acceptors (Lipinski definition) is 2. The Hall–Kier alpha value is -0.990. The van der Waals surface area contributed by atoms with Gasteiger partial charge < -0.3 is 0 Å². The van der Waals surface area contributed by atoms with Crippen molar-refractivity contribution < 1.29 is 0 Å². The molecule has 13 heavy (non-hydrogen) atoms. The molecule has 0 saturated heterocycles. The molecule has 1 fully saturated rings. The molecule has 2 nitrogen and oxygen atoms in total. The van der Waals surface area contributed by atoms with Crippen LogP contribution >= 0.6 is 0 Å². The number of nitrogens with zero attached hydrogens (tertiary/aromatic N) is 2. The molecule has 0 amide bonds. The first kappa shape index (κ1) is 10.1. The quantitative estimate of drug-likeness (QED) is 0.482. The van der Waals surface area contributed by atoms with E-state index in [1.54, 1.807) is 0 Å². The van der Waals surface area contributed by atoms with Gasteiger partial charge in [-0.05, 0) is 12.8 Å². The molecule has 0 radical (unpaired) electrons.